The lowest BCUT2D eigenvalue weighted by Crippen LogP contribution is -2.48. The number of hydrogen-bond acceptors (Lipinski definition) is 4. The van der Waals surface area contributed by atoms with Gasteiger partial charge in [0, 0.05) is 26.1 Å². The molecule has 1 aliphatic rings. The molecule has 0 aromatic carbocycles. The summed E-state index contributed by atoms with van der Waals surface area (Å²) < 4.78 is 5.62. The topological polar surface area (TPSA) is 58.6 Å². The number of rotatable bonds is 5. The highest BCUT2D eigenvalue weighted by Gasteiger charge is 2.25. The molecule has 1 N–H and O–H groups in total. The number of hydrogen-bond donors (Lipinski definition) is 1. The Labute approximate surface area is 135 Å². The zero-order valence-electron chi connectivity index (χ0n) is 13.4. The van der Waals surface area contributed by atoms with Gasteiger partial charge in [0.15, 0.2) is 0 Å². The van der Waals surface area contributed by atoms with Gasteiger partial charge in [-0.25, -0.2) is 0 Å². The van der Waals surface area contributed by atoms with Gasteiger partial charge >= 0.3 is 0 Å². The van der Waals surface area contributed by atoms with E-state index in [0.29, 0.717) is 26.1 Å². The van der Waals surface area contributed by atoms with E-state index in [0.717, 1.165) is 16.9 Å². The fraction of sp³-hybridized carbons (Fsp3) is 0.625. The van der Waals surface area contributed by atoms with Crippen LogP contribution in [0.3, 0.4) is 0 Å². The monoisotopic (exact) mass is 324 g/mol. The van der Waals surface area contributed by atoms with Gasteiger partial charge < -0.3 is 15.0 Å². The fourth-order valence-corrected chi connectivity index (χ4v) is 3.63. The van der Waals surface area contributed by atoms with Gasteiger partial charge in [-0.1, -0.05) is 6.92 Å². The first-order chi connectivity index (χ1) is 10.5. The number of nitrogens with zero attached hydrogens (tertiary/aromatic N) is 1. The van der Waals surface area contributed by atoms with E-state index in [4.69, 9.17) is 4.74 Å². The molecule has 122 valence electrons. The van der Waals surface area contributed by atoms with E-state index in [1.54, 1.807) is 0 Å². The van der Waals surface area contributed by atoms with Crippen molar-refractivity contribution in [2.75, 3.05) is 19.6 Å². The van der Waals surface area contributed by atoms with E-state index < -0.39 is 0 Å². The van der Waals surface area contributed by atoms with Gasteiger partial charge in [0.1, 0.15) is 0 Å². The maximum Gasteiger partial charge on any atom is 0.261 e. The summed E-state index contributed by atoms with van der Waals surface area (Å²) in [4.78, 5) is 26.9. The van der Waals surface area contributed by atoms with Crippen LogP contribution in [0.1, 0.15) is 42.4 Å². The maximum atomic E-state index is 12.2. The Bertz CT molecular complexity index is 519. The minimum Gasteiger partial charge on any atom is -0.372 e. The Morgan fingerprint density at radius 2 is 2.05 bits per heavy atom. The number of carbonyl (C=O) groups excluding carboxylic acids is 2. The second kappa shape index (κ2) is 7.74. The molecule has 1 aromatic heterocycles. The minimum absolute atomic E-state index is 0.0699. The zero-order chi connectivity index (χ0) is 16.1. The molecule has 22 heavy (non-hydrogen) atoms. The van der Waals surface area contributed by atoms with E-state index in [-0.39, 0.29) is 24.0 Å². The Morgan fingerprint density at radius 1 is 1.36 bits per heavy atom. The summed E-state index contributed by atoms with van der Waals surface area (Å²) in [6.45, 7) is 7.60. The van der Waals surface area contributed by atoms with Crippen molar-refractivity contribution in [3.8, 4) is 0 Å². The lowest BCUT2D eigenvalue weighted by Gasteiger charge is -2.35. The Kier molecular flexibility index (Phi) is 5.97. The van der Waals surface area contributed by atoms with Crippen molar-refractivity contribution in [2.45, 2.75) is 45.8 Å². The van der Waals surface area contributed by atoms with Crippen LogP contribution >= 0.6 is 11.3 Å². The first kappa shape index (κ1) is 17.0. The average Bonchev–Trinajstić information content (AvgIpc) is 2.94. The number of nitrogens with one attached hydrogen (secondary N) is 1. The molecule has 0 saturated carbocycles. The molecular weight excluding hydrogens is 300 g/mol. The first-order valence-corrected chi connectivity index (χ1v) is 8.67. The van der Waals surface area contributed by atoms with E-state index in [1.165, 1.54) is 11.3 Å². The summed E-state index contributed by atoms with van der Waals surface area (Å²) >= 11 is 1.45. The van der Waals surface area contributed by atoms with Crippen molar-refractivity contribution >= 4 is 23.2 Å². The Balaban J connectivity index is 1.78. The second-order valence-corrected chi connectivity index (χ2v) is 6.61. The third kappa shape index (κ3) is 4.30. The summed E-state index contributed by atoms with van der Waals surface area (Å²) in [5, 5.41) is 4.77. The number of aryl methyl sites for hydroxylation is 1. The maximum absolute atomic E-state index is 12.2. The van der Waals surface area contributed by atoms with Crippen molar-refractivity contribution in [1.82, 2.24) is 10.2 Å². The van der Waals surface area contributed by atoms with E-state index >= 15 is 0 Å². The Hall–Kier alpha value is -1.40. The van der Waals surface area contributed by atoms with Crippen LogP contribution in [0.5, 0.6) is 0 Å². The lowest BCUT2D eigenvalue weighted by atomic mass is 10.2. The van der Waals surface area contributed by atoms with E-state index in [2.05, 4.69) is 5.32 Å². The fourth-order valence-electron chi connectivity index (χ4n) is 2.72. The summed E-state index contributed by atoms with van der Waals surface area (Å²) in [5.41, 5.74) is 1.06. The molecule has 6 heteroatoms. The average molecular weight is 324 g/mol. The third-order valence-electron chi connectivity index (χ3n) is 3.73. The molecule has 1 saturated heterocycles. The standard InChI is InChI=1S/C16H24N2O3S/c1-4-13-6-8-22-15(13)16(20)17-7-5-14(19)18-9-11(2)21-12(3)10-18/h6,8,11-12H,4-5,7,9-10H2,1-3H3,(H,17,20). The molecule has 1 fully saturated rings. The molecule has 0 spiro atoms. The summed E-state index contributed by atoms with van der Waals surface area (Å²) in [6, 6.07) is 1.97. The molecule has 5 nitrogen and oxygen atoms in total. The van der Waals surface area contributed by atoms with Gasteiger partial charge in [0.05, 0.1) is 17.1 Å². The Morgan fingerprint density at radius 3 is 2.68 bits per heavy atom. The highest BCUT2D eigenvalue weighted by atomic mass is 32.1. The number of carbonyl (C=O) groups is 2. The quantitative estimate of drug-likeness (QED) is 0.902. The van der Waals surface area contributed by atoms with Crippen LogP contribution < -0.4 is 5.32 Å². The largest absolute Gasteiger partial charge is 0.372 e. The predicted molar refractivity (Wildman–Crippen MR) is 87.2 cm³/mol. The lowest BCUT2D eigenvalue weighted by molar-refractivity contribution is -0.143. The molecule has 1 aliphatic heterocycles. The third-order valence-corrected chi connectivity index (χ3v) is 4.69. The zero-order valence-corrected chi connectivity index (χ0v) is 14.2. The van der Waals surface area contributed by atoms with Crippen molar-refractivity contribution < 1.29 is 14.3 Å². The molecule has 0 bridgehead atoms. The van der Waals surface area contributed by atoms with E-state index in [9.17, 15) is 9.59 Å². The molecule has 0 radical (unpaired) electrons. The van der Waals surface area contributed by atoms with Crippen LogP contribution in [0.4, 0.5) is 0 Å². The molecule has 2 rings (SSSR count). The molecule has 2 amide bonds. The number of morpholine rings is 1. The summed E-state index contributed by atoms with van der Waals surface area (Å²) in [7, 11) is 0. The number of thiophene rings is 1. The van der Waals surface area contributed by atoms with Crippen molar-refractivity contribution in [3.63, 3.8) is 0 Å². The highest BCUT2D eigenvalue weighted by Crippen LogP contribution is 2.17. The molecule has 1 aromatic rings. The van der Waals surface area contributed by atoms with Crippen molar-refractivity contribution in [2.24, 2.45) is 0 Å². The smallest absolute Gasteiger partial charge is 0.261 e. The van der Waals surface area contributed by atoms with Gasteiger partial charge in [0.2, 0.25) is 5.91 Å². The molecule has 2 unspecified atom stereocenters. The van der Waals surface area contributed by atoms with Crippen LogP contribution in [0.2, 0.25) is 0 Å². The molecule has 0 aliphatic carbocycles. The van der Waals surface area contributed by atoms with Crippen LogP contribution in [0, 0.1) is 0 Å². The predicted octanol–water partition coefficient (Wildman–Crippen LogP) is 2.07. The van der Waals surface area contributed by atoms with Crippen LogP contribution in [-0.4, -0.2) is 48.6 Å². The molecular formula is C16H24N2O3S. The van der Waals surface area contributed by atoms with Gasteiger partial charge in [0.25, 0.3) is 5.91 Å². The van der Waals surface area contributed by atoms with Gasteiger partial charge in [-0.05, 0) is 37.3 Å². The van der Waals surface area contributed by atoms with Gasteiger partial charge in [-0.2, -0.15) is 0 Å². The van der Waals surface area contributed by atoms with E-state index in [1.807, 2.05) is 37.1 Å². The van der Waals surface area contributed by atoms with Crippen LogP contribution in [0.25, 0.3) is 0 Å². The summed E-state index contributed by atoms with van der Waals surface area (Å²) in [6.07, 6.45) is 1.31. The minimum atomic E-state index is -0.0802. The highest BCUT2D eigenvalue weighted by molar-refractivity contribution is 7.12. The molecule has 2 atom stereocenters. The second-order valence-electron chi connectivity index (χ2n) is 5.69. The van der Waals surface area contributed by atoms with Gasteiger partial charge in [-0.3, -0.25) is 9.59 Å². The van der Waals surface area contributed by atoms with Crippen molar-refractivity contribution in [1.29, 1.82) is 0 Å². The SMILES string of the molecule is CCc1ccsc1C(=O)NCCC(=O)N1CC(C)OC(C)C1. The van der Waals surface area contributed by atoms with Crippen LogP contribution in [-0.2, 0) is 16.0 Å². The summed E-state index contributed by atoms with van der Waals surface area (Å²) in [5.74, 6) is -0.00689. The molecule has 2 heterocycles. The van der Waals surface area contributed by atoms with Crippen LogP contribution in [0.15, 0.2) is 11.4 Å². The van der Waals surface area contributed by atoms with Gasteiger partial charge in [-0.15, -0.1) is 11.3 Å². The number of amides is 2. The first-order valence-electron chi connectivity index (χ1n) is 7.79. The van der Waals surface area contributed by atoms with Crippen molar-refractivity contribution in [3.05, 3.63) is 21.9 Å². The normalized spacial score (nSPS) is 21.7. The number of ether oxygens (including phenoxy) is 1.